The van der Waals surface area contributed by atoms with E-state index in [0.29, 0.717) is 17.2 Å². The van der Waals surface area contributed by atoms with Crippen LogP contribution in [0.1, 0.15) is 15.2 Å². The highest BCUT2D eigenvalue weighted by Gasteiger charge is 2.13. The molecule has 1 aromatic carbocycles. The van der Waals surface area contributed by atoms with E-state index in [1.807, 2.05) is 29.6 Å². The molecule has 0 fully saturated rings. The SMILES string of the molecule is COc1ccsc1C(=O)Nc1cccc(CN)c1. The standard InChI is InChI=1S/C13H14N2O2S/c1-17-11-5-6-18-12(11)13(16)15-10-4-2-3-9(7-10)8-14/h2-7H,8,14H2,1H3,(H,15,16). The quantitative estimate of drug-likeness (QED) is 0.889. The molecular formula is C13H14N2O2S. The maximum atomic E-state index is 12.0. The Labute approximate surface area is 109 Å². The molecule has 2 rings (SSSR count). The highest BCUT2D eigenvalue weighted by Crippen LogP contribution is 2.25. The number of anilines is 1. The van der Waals surface area contributed by atoms with Crippen LogP contribution in [0, 0.1) is 0 Å². The molecule has 1 amide bonds. The van der Waals surface area contributed by atoms with Gasteiger partial charge in [0, 0.05) is 12.2 Å². The maximum absolute atomic E-state index is 12.0. The van der Waals surface area contributed by atoms with Gasteiger partial charge in [-0.25, -0.2) is 0 Å². The topological polar surface area (TPSA) is 64.3 Å². The van der Waals surface area contributed by atoms with Gasteiger partial charge in [-0.15, -0.1) is 11.3 Å². The van der Waals surface area contributed by atoms with Crippen molar-refractivity contribution in [1.29, 1.82) is 0 Å². The van der Waals surface area contributed by atoms with Crippen LogP contribution in [0.4, 0.5) is 5.69 Å². The first kappa shape index (κ1) is 12.6. The summed E-state index contributed by atoms with van der Waals surface area (Å²) in [4.78, 5) is 12.6. The highest BCUT2D eigenvalue weighted by atomic mass is 32.1. The van der Waals surface area contributed by atoms with Crippen LogP contribution in [0.3, 0.4) is 0 Å². The normalized spacial score (nSPS) is 10.1. The number of benzene rings is 1. The number of rotatable bonds is 4. The number of methoxy groups -OCH3 is 1. The van der Waals surface area contributed by atoms with Crippen LogP contribution in [-0.2, 0) is 6.54 Å². The van der Waals surface area contributed by atoms with E-state index in [2.05, 4.69) is 5.32 Å². The van der Waals surface area contributed by atoms with E-state index in [4.69, 9.17) is 10.5 Å². The van der Waals surface area contributed by atoms with Gasteiger partial charge in [0.15, 0.2) is 0 Å². The van der Waals surface area contributed by atoms with Gasteiger partial charge in [0.2, 0.25) is 0 Å². The third kappa shape index (κ3) is 2.69. The minimum atomic E-state index is -0.170. The summed E-state index contributed by atoms with van der Waals surface area (Å²) in [5.41, 5.74) is 7.27. The Kier molecular flexibility index (Phi) is 3.96. The highest BCUT2D eigenvalue weighted by molar-refractivity contribution is 7.12. The molecule has 0 saturated carbocycles. The summed E-state index contributed by atoms with van der Waals surface area (Å²) in [6, 6.07) is 9.25. The van der Waals surface area contributed by atoms with Crippen LogP contribution >= 0.6 is 11.3 Å². The Bertz CT molecular complexity index is 551. The zero-order valence-corrected chi connectivity index (χ0v) is 10.8. The predicted molar refractivity (Wildman–Crippen MR) is 73.2 cm³/mol. The number of carbonyl (C=O) groups excluding carboxylic acids is 1. The van der Waals surface area contributed by atoms with Crippen LogP contribution in [0.15, 0.2) is 35.7 Å². The fraction of sp³-hybridized carbons (Fsp3) is 0.154. The molecule has 0 bridgehead atoms. The lowest BCUT2D eigenvalue weighted by atomic mass is 10.2. The van der Waals surface area contributed by atoms with Gasteiger partial charge in [-0.3, -0.25) is 4.79 Å². The van der Waals surface area contributed by atoms with Crippen molar-refractivity contribution >= 4 is 22.9 Å². The van der Waals surface area contributed by atoms with Crippen molar-refractivity contribution in [2.75, 3.05) is 12.4 Å². The second-order valence-electron chi connectivity index (χ2n) is 3.68. The maximum Gasteiger partial charge on any atom is 0.269 e. The lowest BCUT2D eigenvalue weighted by molar-refractivity contribution is 0.102. The second-order valence-corrected chi connectivity index (χ2v) is 4.59. The van der Waals surface area contributed by atoms with E-state index < -0.39 is 0 Å². The number of ether oxygens (including phenoxy) is 1. The molecule has 2 aromatic rings. The average molecular weight is 262 g/mol. The molecule has 94 valence electrons. The van der Waals surface area contributed by atoms with Gasteiger partial charge in [-0.05, 0) is 29.1 Å². The first-order valence-electron chi connectivity index (χ1n) is 5.46. The van der Waals surface area contributed by atoms with Crippen molar-refractivity contribution in [3.8, 4) is 5.75 Å². The molecule has 0 aliphatic rings. The largest absolute Gasteiger partial charge is 0.495 e. The molecule has 4 nitrogen and oxygen atoms in total. The van der Waals surface area contributed by atoms with Gasteiger partial charge >= 0.3 is 0 Å². The average Bonchev–Trinajstić information content (AvgIpc) is 2.87. The zero-order valence-electron chi connectivity index (χ0n) is 9.97. The van der Waals surface area contributed by atoms with Crippen molar-refractivity contribution in [3.63, 3.8) is 0 Å². The van der Waals surface area contributed by atoms with Gasteiger partial charge in [0.25, 0.3) is 5.91 Å². The predicted octanol–water partition coefficient (Wildman–Crippen LogP) is 2.47. The van der Waals surface area contributed by atoms with Gasteiger partial charge in [0.05, 0.1) is 7.11 Å². The van der Waals surface area contributed by atoms with Crippen molar-refractivity contribution in [1.82, 2.24) is 0 Å². The van der Waals surface area contributed by atoms with Gasteiger partial charge in [-0.2, -0.15) is 0 Å². The van der Waals surface area contributed by atoms with E-state index >= 15 is 0 Å². The van der Waals surface area contributed by atoms with Gasteiger partial charge in [-0.1, -0.05) is 12.1 Å². The molecular weight excluding hydrogens is 248 g/mol. The Morgan fingerprint density at radius 3 is 3.00 bits per heavy atom. The summed E-state index contributed by atoms with van der Waals surface area (Å²) in [5.74, 6) is 0.420. The summed E-state index contributed by atoms with van der Waals surface area (Å²) in [6.45, 7) is 0.450. The summed E-state index contributed by atoms with van der Waals surface area (Å²) in [5, 5.41) is 4.65. The molecule has 3 N–H and O–H groups in total. The Hall–Kier alpha value is -1.85. The Balaban J connectivity index is 2.16. The second kappa shape index (κ2) is 5.66. The Morgan fingerprint density at radius 2 is 2.28 bits per heavy atom. The molecule has 18 heavy (non-hydrogen) atoms. The summed E-state index contributed by atoms with van der Waals surface area (Å²) < 4.78 is 5.12. The third-order valence-corrected chi connectivity index (χ3v) is 3.37. The molecule has 0 atom stereocenters. The molecule has 0 unspecified atom stereocenters. The van der Waals surface area contributed by atoms with Crippen molar-refractivity contribution in [3.05, 3.63) is 46.2 Å². The fourth-order valence-corrected chi connectivity index (χ4v) is 2.34. The molecule has 1 heterocycles. The van der Waals surface area contributed by atoms with Crippen molar-refractivity contribution in [2.24, 2.45) is 5.73 Å². The number of hydrogen-bond donors (Lipinski definition) is 2. The number of carbonyl (C=O) groups is 1. The summed E-state index contributed by atoms with van der Waals surface area (Å²) in [7, 11) is 1.55. The molecule has 0 saturated heterocycles. The lowest BCUT2D eigenvalue weighted by Gasteiger charge is -2.06. The fourth-order valence-electron chi connectivity index (χ4n) is 1.59. The number of amides is 1. The summed E-state index contributed by atoms with van der Waals surface area (Å²) >= 11 is 1.35. The van der Waals surface area contributed by atoms with Crippen LogP contribution in [0.2, 0.25) is 0 Å². The molecule has 0 radical (unpaired) electrons. The summed E-state index contributed by atoms with van der Waals surface area (Å²) in [6.07, 6.45) is 0. The molecule has 0 aliphatic heterocycles. The smallest absolute Gasteiger partial charge is 0.269 e. The van der Waals surface area contributed by atoms with E-state index in [9.17, 15) is 4.79 Å². The van der Waals surface area contributed by atoms with Crippen LogP contribution in [0.25, 0.3) is 0 Å². The van der Waals surface area contributed by atoms with E-state index in [0.717, 1.165) is 11.3 Å². The minimum Gasteiger partial charge on any atom is -0.495 e. The molecule has 0 spiro atoms. The third-order valence-electron chi connectivity index (χ3n) is 2.48. The number of nitrogens with two attached hydrogens (primary N) is 1. The minimum absolute atomic E-state index is 0.170. The zero-order chi connectivity index (χ0) is 13.0. The Morgan fingerprint density at radius 1 is 1.44 bits per heavy atom. The number of thiophene rings is 1. The van der Waals surface area contributed by atoms with Gasteiger partial charge < -0.3 is 15.8 Å². The van der Waals surface area contributed by atoms with E-state index in [1.54, 1.807) is 13.2 Å². The van der Waals surface area contributed by atoms with Crippen molar-refractivity contribution < 1.29 is 9.53 Å². The monoisotopic (exact) mass is 262 g/mol. The lowest BCUT2D eigenvalue weighted by Crippen LogP contribution is -2.11. The van der Waals surface area contributed by atoms with E-state index in [-0.39, 0.29) is 5.91 Å². The number of nitrogens with one attached hydrogen (secondary N) is 1. The van der Waals surface area contributed by atoms with Crippen molar-refractivity contribution in [2.45, 2.75) is 6.54 Å². The van der Waals surface area contributed by atoms with Crippen LogP contribution in [0.5, 0.6) is 5.75 Å². The van der Waals surface area contributed by atoms with Crippen LogP contribution < -0.4 is 15.8 Å². The molecule has 5 heteroatoms. The molecule has 1 aromatic heterocycles. The number of hydrogen-bond acceptors (Lipinski definition) is 4. The van der Waals surface area contributed by atoms with Gasteiger partial charge in [0.1, 0.15) is 10.6 Å². The first-order valence-corrected chi connectivity index (χ1v) is 6.34. The molecule has 0 aliphatic carbocycles. The van der Waals surface area contributed by atoms with Crippen LogP contribution in [-0.4, -0.2) is 13.0 Å². The first-order chi connectivity index (χ1) is 8.74. The van der Waals surface area contributed by atoms with E-state index in [1.165, 1.54) is 11.3 Å².